The molecule has 4 rings (SSSR count). The van der Waals surface area contributed by atoms with Gasteiger partial charge >= 0.3 is 0 Å². The lowest BCUT2D eigenvalue weighted by Crippen LogP contribution is -2.12. The maximum Gasteiger partial charge on any atom is 0.275 e. The summed E-state index contributed by atoms with van der Waals surface area (Å²) in [4.78, 5) is 16.5. The van der Waals surface area contributed by atoms with Gasteiger partial charge in [-0.05, 0) is 30.2 Å². The number of benzene rings is 2. The maximum absolute atomic E-state index is 11.8. The van der Waals surface area contributed by atoms with E-state index in [0.717, 1.165) is 17.0 Å². The van der Waals surface area contributed by atoms with E-state index in [1.807, 2.05) is 36.4 Å². The predicted octanol–water partition coefficient (Wildman–Crippen LogP) is 3.78. The molecule has 0 aliphatic carbocycles. The lowest BCUT2D eigenvalue weighted by molar-refractivity contribution is 0.305. The molecule has 0 aliphatic heterocycles. The van der Waals surface area contributed by atoms with Crippen molar-refractivity contribution in [2.75, 3.05) is 5.32 Å². The van der Waals surface area contributed by atoms with Crippen LogP contribution in [-0.4, -0.2) is 14.6 Å². The molecular weight excluding hydrogens is 348 g/mol. The molecule has 7 heteroatoms. The molecule has 6 nitrogen and oxygen atoms in total. The van der Waals surface area contributed by atoms with Gasteiger partial charge in [0.2, 0.25) is 10.1 Å². The lowest BCUT2D eigenvalue weighted by atomic mass is 10.1. The Balaban J connectivity index is 1.51. The standard InChI is InChI=1S/C19H16N4O2S/c1-13-5-2-3-6-14(13)12-25-16-8-4-7-15(11-16)21-18-22-23-17(24)9-10-20-19(23)26-18/h2-11H,12H2,1H3,(H,21,22). The Morgan fingerprint density at radius 3 is 2.88 bits per heavy atom. The van der Waals surface area contributed by atoms with Gasteiger partial charge in [0.15, 0.2) is 0 Å². The molecule has 0 bridgehead atoms. The van der Waals surface area contributed by atoms with Crippen LogP contribution in [0.15, 0.2) is 65.6 Å². The van der Waals surface area contributed by atoms with Gasteiger partial charge in [-0.15, -0.1) is 5.10 Å². The Kier molecular flexibility index (Phi) is 4.37. The zero-order valence-corrected chi connectivity index (χ0v) is 14.9. The molecule has 0 unspecified atom stereocenters. The maximum atomic E-state index is 11.8. The predicted molar refractivity (Wildman–Crippen MR) is 102 cm³/mol. The highest BCUT2D eigenvalue weighted by molar-refractivity contribution is 7.20. The second-order valence-electron chi connectivity index (χ2n) is 5.75. The fraction of sp³-hybridized carbons (Fsp3) is 0.105. The SMILES string of the molecule is Cc1ccccc1COc1cccc(Nc2nn3c(=O)ccnc3s2)c1. The van der Waals surface area contributed by atoms with Gasteiger partial charge in [-0.2, -0.15) is 4.52 Å². The van der Waals surface area contributed by atoms with E-state index in [2.05, 4.69) is 34.5 Å². The van der Waals surface area contributed by atoms with Crippen molar-refractivity contribution in [3.05, 3.63) is 82.3 Å². The first kappa shape index (κ1) is 16.3. The summed E-state index contributed by atoms with van der Waals surface area (Å²) >= 11 is 1.31. The van der Waals surface area contributed by atoms with Gasteiger partial charge in [0, 0.05) is 24.0 Å². The van der Waals surface area contributed by atoms with Crippen molar-refractivity contribution in [1.29, 1.82) is 0 Å². The highest BCUT2D eigenvalue weighted by Gasteiger charge is 2.07. The van der Waals surface area contributed by atoms with Crippen molar-refractivity contribution in [2.24, 2.45) is 0 Å². The average Bonchev–Trinajstić information content (AvgIpc) is 3.05. The number of anilines is 2. The molecular formula is C19H16N4O2S. The number of aryl methyl sites for hydroxylation is 1. The molecule has 0 saturated heterocycles. The number of nitrogens with one attached hydrogen (secondary N) is 1. The molecule has 2 aromatic heterocycles. The van der Waals surface area contributed by atoms with Crippen LogP contribution in [0, 0.1) is 6.92 Å². The van der Waals surface area contributed by atoms with Crippen molar-refractivity contribution in [3.8, 4) is 5.75 Å². The third kappa shape index (κ3) is 3.43. The molecule has 0 spiro atoms. The molecule has 130 valence electrons. The van der Waals surface area contributed by atoms with Gasteiger partial charge in [0.1, 0.15) is 12.4 Å². The van der Waals surface area contributed by atoms with Crippen LogP contribution in [0.2, 0.25) is 0 Å². The van der Waals surface area contributed by atoms with Gasteiger partial charge in [0.05, 0.1) is 0 Å². The number of fused-ring (bicyclic) bond motifs is 1. The third-order valence-corrected chi connectivity index (χ3v) is 4.75. The first-order valence-corrected chi connectivity index (χ1v) is 8.90. The number of nitrogens with zero attached hydrogens (tertiary/aromatic N) is 3. The zero-order chi connectivity index (χ0) is 17.9. The van der Waals surface area contributed by atoms with Gasteiger partial charge in [0.25, 0.3) is 5.56 Å². The molecule has 0 aliphatic rings. The topological polar surface area (TPSA) is 68.5 Å². The first-order valence-electron chi connectivity index (χ1n) is 8.08. The molecule has 26 heavy (non-hydrogen) atoms. The van der Waals surface area contributed by atoms with Crippen LogP contribution in [0.3, 0.4) is 0 Å². The lowest BCUT2D eigenvalue weighted by Gasteiger charge is -2.10. The molecule has 2 aromatic carbocycles. The summed E-state index contributed by atoms with van der Waals surface area (Å²) in [5, 5.41) is 8.04. The summed E-state index contributed by atoms with van der Waals surface area (Å²) < 4.78 is 7.19. The monoisotopic (exact) mass is 364 g/mol. The van der Waals surface area contributed by atoms with Gasteiger partial charge in [-0.1, -0.05) is 41.7 Å². The Morgan fingerprint density at radius 1 is 1.15 bits per heavy atom. The van der Waals surface area contributed by atoms with Crippen molar-refractivity contribution in [1.82, 2.24) is 14.6 Å². The molecule has 0 radical (unpaired) electrons. The molecule has 0 saturated carbocycles. The number of rotatable bonds is 5. The molecule has 0 fully saturated rings. The van der Waals surface area contributed by atoms with Crippen LogP contribution in [0.1, 0.15) is 11.1 Å². The van der Waals surface area contributed by atoms with Crippen LogP contribution in [0.5, 0.6) is 5.75 Å². The molecule has 2 heterocycles. The second-order valence-corrected chi connectivity index (χ2v) is 6.71. The summed E-state index contributed by atoms with van der Waals surface area (Å²) in [5.74, 6) is 0.759. The highest BCUT2D eigenvalue weighted by Crippen LogP contribution is 2.25. The summed E-state index contributed by atoms with van der Waals surface area (Å²) in [6.07, 6.45) is 1.49. The Bertz CT molecular complexity index is 1120. The number of hydrogen-bond donors (Lipinski definition) is 1. The summed E-state index contributed by atoms with van der Waals surface area (Å²) in [6, 6.07) is 17.2. The van der Waals surface area contributed by atoms with Crippen LogP contribution in [-0.2, 0) is 6.61 Å². The van der Waals surface area contributed by atoms with Crippen molar-refractivity contribution in [3.63, 3.8) is 0 Å². The smallest absolute Gasteiger partial charge is 0.275 e. The molecule has 0 atom stereocenters. The normalized spacial score (nSPS) is 10.8. The summed E-state index contributed by atoms with van der Waals surface area (Å²) in [7, 11) is 0. The molecule has 0 amide bonds. The summed E-state index contributed by atoms with van der Waals surface area (Å²) in [5.41, 5.74) is 2.99. The van der Waals surface area contributed by atoms with Crippen LogP contribution in [0.4, 0.5) is 10.8 Å². The van der Waals surface area contributed by atoms with E-state index in [1.54, 1.807) is 0 Å². The summed E-state index contributed by atoms with van der Waals surface area (Å²) in [6.45, 7) is 2.58. The zero-order valence-electron chi connectivity index (χ0n) is 14.0. The fourth-order valence-corrected chi connectivity index (χ4v) is 3.31. The van der Waals surface area contributed by atoms with Crippen LogP contribution < -0.4 is 15.6 Å². The van der Waals surface area contributed by atoms with Gasteiger partial charge in [-0.25, -0.2) is 4.98 Å². The van der Waals surface area contributed by atoms with Crippen LogP contribution >= 0.6 is 11.3 Å². The molecule has 1 N–H and O–H groups in total. The minimum absolute atomic E-state index is 0.199. The van der Waals surface area contributed by atoms with Crippen molar-refractivity contribution >= 4 is 27.1 Å². The number of ether oxygens (including phenoxy) is 1. The van der Waals surface area contributed by atoms with E-state index in [0.29, 0.717) is 16.7 Å². The van der Waals surface area contributed by atoms with E-state index in [9.17, 15) is 4.79 Å². The highest BCUT2D eigenvalue weighted by atomic mass is 32.1. The number of aromatic nitrogens is 3. The quantitative estimate of drug-likeness (QED) is 0.584. The Hall–Kier alpha value is -3.19. The van der Waals surface area contributed by atoms with E-state index >= 15 is 0 Å². The van der Waals surface area contributed by atoms with E-state index in [-0.39, 0.29) is 5.56 Å². The van der Waals surface area contributed by atoms with E-state index < -0.39 is 0 Å². The number of hydrogen-bond acceptors (Lipinski definition) is 6. The van der Waals surface area contributed by atoms with Crippen molar-refractivity contribution in [2.45, 2.75) is 13.5 Å². The van der Waals surface area contributed by atoms with E-state index in [1.165, 1.54) is 33.7 Å². The Labute approximate surface area is 153 Å². The third-order valence-electron chi connectivity index (χ3n) is 3.91. The minimum atomic E-state index is -0.199. The van der Waals surface area contributed by atoms with E-state index in [4.69, 9.17) is 4.74 Å². The molecule has 4 aromatic rings. The van der Waals surface area contributed by atoms with Crippen molar-refractivity contribution < 1.29 is 4.74 Å². The average molecular weight is 364 g/mol. The van der Waals surface area contributed by atoms with Gasteiger partial charge < -0.3 is 10.1 Å². The second kappa shape index (κ2) is 6.97. The Morgan fingerprint density at radius 2 is 2.04 bits per heavy atom. The van der Waals surface area contributed by atoms with Gasteiger partial charge in [-0.3, -0.25) is 4.79 Å². The fourth-order valence-electron chi connectivity index (χ4n) is 2.51. The largest absolute Gasteiger partial charge is 0.489 e. The minimum Gasteiger partial charge on any atom is -0.489 e. The van der Waals surface area contributed by atoms with Crippen LogP contribution in [0.25, 0.3) is 4.96 Å². The first-order chi connectivity index (χ1) is 12.7.